The van der Waals surface area contributed by atoms with Crippen LogP contribution in [0.15, 0.2) is 24.5 Å². The number of hydrogen-bond acceptors (Lipinski definition) is 4. The zero-order chi connectivity index (χ0) is 18.0. The van der Waals surface area contributed by atoms with Crippen molar-refractivity contribution >= 4 is 34.2 Å². The minimum absolute atomic E-state index is 0.103. The van der Waals surface area contributed by atoms with E-state index >= 15 is 0 Å². The molecular formula is C19H25ClN4O. The third-order valence-corrected chi connectivity index (χ3v) is 4.86. The largest absolute Gasteiger partial charge is 0.356 e. The van der Waals surface area contributed by atoms with Crippen molar-refractivity contribution < 1.29 is 4.79 Å². The third kappa shape index (κ3) is 4.21. The van der Waals surface area contributed by atoms with Crippen molar-refractivity contribution in [2.24, 2.45) is 11.3 Å². The van der Waals surface area contributed by atoms with E-state index in [-0.39, 0.29) is 11.3 Å². The summed E-state index contributed by atoms with van der Waals surface area (Å²) in [6.07, 6.45) is 3.81. The summed E-state index contributed by atoms with van der Waals surface area (Å²) >= 11 is 6.07. The zero-order valence-electron chi connectivity index (χ0n) is 15.1. The molecule has 1 aromatic heterocycles. The molecule has 1 fully saturated rings. The van der Waals surface area contributed by atoms with Gasteiger partial charge in [-0.25, -0.2) is 9.97 Å². The smallest absolute Gasteiger partial charge is 0.225 e. The fraction of sp³-hybridized carbons (Fsp3) is 0.526. The molecule has 5 nitrogen and oxygen atoms in total. The summed E-state index contributed by atoms with van der Waals surface area (Å²) in [6.45, 7) is 8.38. The Morgan fingerprint density at radius 2 is 2.16 bits per heavy atom. The molecule has 1 aliphatic heterocycles. The van der Waals surface area contributed by atoms with Crippen LogP contribution in [-0.2, 0) is 4.79 Å². The summed E-state index contributed by atoms with van der Waals surface area (Å²) < 4.78 is 0. The number of nitrogens with one attached hydrogen (secondary N) is 1. The van der Waals surface area contributed by atoms with Gasteiger partial charge in [-0.1, -0.05) is 32.4 Å². The number of anilines is 1. The first-order valence-corrected chi connectivity index (χ1v) is 9.16. The summed E-state index contributed by atoms with van der Waals surface area (Å²) in [4.78, 5) is 23.2. The Bertz CT molecular complexity index is 772. The van der Waals surface area contributed by atoms with Crippen molar-refractivity contribution in [2.45, 2.75) is 33.6 Å². The Morgan fingerprint density at radius 1 is 1.36 bits per heavy atom. The molecule has 3 rings (SSSR count). The molecule has 0 radical (unpaired) electrons. The maximum atomic E-state index is 12.1. The first-order valence-electron chi connectivity index (χ1n) is 8.78. The molecule has 0 spiro atoms. The van der Waals surface area contributed by atoms with Crippen molar-refractivity contribution in [2.75, 3.05) is 24.5 Å². The molecule has 1 aromatic carbocycles. The van der Waals surface area contributed by atoms with Gasteiger partial charge in [0.25, 0.3) is 0 Å². The quantitative estimate of drug-likeness (QED) is 0.907. The number of halogens is 1. The molecule has 1 aliphatic rings. The van der Waals surface area contributed by atoms with E-state index in [0.29, 0.717) is 17.5 Å². The van der Waals surface area contributed by atoms with Crippen molar-refractivity contribution in [3.05, 3.63) is 29.5 Å². The van der Waals surface area contributed by atoms with Gasteiger partial charge >= 0.3 is 0 Å². The maximum Gasteiger partial charge on any atom is 0.225 e. The van der Waals surface area contributed by atoms with Crippen LogP contribution in [0.3, 0.4) is 0 Å². The molecule has 1 saturated heterocycles. The molecule has 2 aromatic rings. The molecule has 1 unspecified atom stereocenters. The highest BCUT2D eigenvalue weighted by molar-refractivity contribution is 6.31. The second-order valence-electron chi connectivity index (χ2n) is 7.77. The van der Waals surface area contributed by atoms with Crippen LogP contribution in [0.25, 0.3) is 10.9 Å². The number of aromatic nitrogens is 2. The molecule has 134 valence electrons. The lowest BCUT2D eigenvalue weighted by Crippen LogP contribution is -2.43. The number of nitrogens with zero attached hydrogens (tertiary/aromatic N) is 3. The average Bonchev–Trinajstić information content (AvgIpc) is 2.58. The summed E-state index contributed by atoms with van der Waals surface area (Å²) in [5.41, 5.74) is 0.511. The lowest BCUT2D eigenvalue weighted by Gasteiger charge is -2.34. The van der Waals surface area contributed by atoms with Crippen LogP contribution < -0.4 is 10.2 Å². The van der Waals surface area contributed by atoms with Gasteiger partial charge in [0.15, 0.2) is 0 Å². The SMILES string of the molecule is CC(C)(C)C(=O)NCC1CCCN(c2ncnc3cc(Cl)ccc23)C1. The minimum atomic E-state index is -0.351. The molecule has 0 saturated carbocycles. The Kier molecular flexibility index (Phi) is 5.13. The first-order chi connectivity index (χ1) is 11.8. The number of benzene rings is 1. The molecular weight excluding hydrogens is 336 g/mol. The summed E-state index contributed by atoms with van der Waals surface area (Å²) in [5, 5.41) is 4.79. The maximum absolute atomic E-state index is 12.1. The normalized spacial score (nSPS) is 18.4. The van der Waals surface area contributed by atoms with E-state index in [1.165, 1.54) is 0 Å². The number of rotatable bonds is 3. The first kappa shape index (κ1) is 17.9. The standard InChI is InChI=1S/C19H25ClN4O/c1-19(2,3)18(25)21-10-13-5-4-8-24(11-13)17-15-7-6-14(20)9-16(15)22-12-23-17/h6-7,9,12-13H,4-5,8,10-11H2,1-3H3,(H,21,25). The summed E-state index contributed by atoms with van der Waals surface area (Å²) in [7, 11) is 0. The molecule has 1 amide bonds. The van der Waals surface area contributed by atoms with Crippen LogP contribution in [0.1, 0.15) is 33.6 Å². The minimum Gasteiger partial charge on any atom is -0.356 e. The molecule has 0 aliphatic carbocycles. The Labute approximate surface area is 153 Å². The molecule has 25 heavy (non-hydrogen) atoms. The number of hydrogen-bond donors (Lipinski definition) is 1. The van der Waals surface area contributed by atoms with Crippen LogP contribution in [0.4, 0.5) is 5.82 Å². The Hall–Kier alpha value is -1.88. The van der Waals surface area contributed by atoms with Crippen molar-refractivity contribution in [1.82, 2.24) is 15.3 Å². The monoisotopic (exact) mass is 360 g/mol. The van der Waals surface area contributed by atoms with Gasteiger partial charge in [0.05, 0.1) is 5.52 Å². The van der Waals surface area contributed by atoms with Crippen LogP contribution in [0, 0.1) is 11.3 Å². The predicted octanol–water partition coefficient (Wildman–Crippen LogP) is 3.66. The highest BCUT2D eigenvalue weighted by atomic mass is 35.5. The van der Waals surface area contributed by atoms with Crippen molar-refractivity contribution in [3.63, 3.8) is 0 Å². The zero-order valence-corrected chi connectivity index (χ0v) is 15.8. The third-order valence-electron chi connectivity index (χ3n) is 4.63. The van der Waals surface area contributed by atoms with Gasteiger partial charge in [-0.15, -0.1) is 0 Å². The van der Waals surface area contributed by atoms with E-state index in [9.17, 15) is 4.79 Å². The molecule has 6 heteroatoms. The van der Waals surface area contributed by atoms with Crippen LogP contribution in [0.5, 0.6) is 0 Å². The lowest BCUT2D eigenvalue weighted by molar-refractivity contribution is -0.128. The summed E-state index contributed by atoms with van der Waals surface area (Å²) in [5.74, 6) is 1.48. The van der Waals surface area contributed by atoms with Crippen molar-refractivity contribution in [3.8, 4) is 0 Å². The number of carbonyl (C=O) groups is 1. The van der Waals surface area contributed by atoms with Crippen LogP contribution in [0.2, 0.25) is 5.02 Å². The molecule has 1 N–H and O–H groups in total. The average molecular weight is 361 g/mol. The summed E-state index contributed by atoms with van der Waals surface area (Å²) in [6, 6.07) is 5.73. The van der Waals surface area contributed by atoms with E-state index < -0.39 is 0 Å². The molecule has 2 heterocycles. The molecule has 0 bridgehead atoms. The number of carbonyl (C=O) groups excluding carboxylic acids is 1. The van der Waals surface area contributed by atoms with Gasteiger partial charge in [0.1, 0.15) is 12.1 Å². The van der Waals surface area contributed by atoms with E-state index in [1.54, 1.807) is 6.33 Å². The van der Waals surface area contributed by atoms with Gasteiger partial charge in [0, 0.05) is 35.5 Å². The van der Waals surface area contributed by atoms with Crippen molar-refractivity contribution in [1.29, 1.82) is 0 Å². The molecule has 1 atom stereocenters. The van der Waals surface area contributed by atoms with E-state index in [2.05, 4.69) is 20.2 Å². The van der Waals surface area contributed by atoms with Gasteiger partial charge in [-0.2, -0.15) is 0 Å². The van der Waals surface area contributed by atoms with Gasteiger partial charge in [0.2, 0.25) is 5.91 Å². The second-order valence-corrected chi connectivity index (χ2v) is 8.21. The van der Waals surface area contributed by atoms with E-state index in [1.807, 2.05) is 39.0 Å². The van der Waals surface area contributed by atoms with Gasteiger partial charge in [-0.05, 0) is 37.0 Å². The van der Waals surface area contributed by atoms with Crippen LogP contribution >= 0.6 is 11.6 Å². The van der Waals surface area contributed by atoms with E-state index in [0.717, 1.165) is 42.7 Å². The van der Waals surface area contributed by atoms with Crippen LogP contribution in [-0.4, -0.2) is 35.5 Å². The fourth-order valence-electron chi connectivity index (χ4n) is 3.19. The number of amides is 1. The Morgan fingerprint density at radius 3 is 2.92 bits per heavy atom. The fourth-order valence-corrected chi connectivity index (χ4v) is 3.36. The van der Waals surface area contributed by atoms with Gasteiger partial charge < -0.3 is 10.2 Å². The van der Waals surface area contributed by atoms with Gasteiger partial charge in [-0.3, -0.25) is 4.79 Å². The lowest BCUT2D eigenvalue weighted by atomic mass is 9.94. The highest BCUT2D eigenvalue weighted by Crippen LogP contribution is 2.28. The predicted molar refractivity (Wildman–Crippen MR) is 102 cm³/mol. The Balaban J connectivity index is 1.73. The number of fused-ring (bicyclic) bond motifs is 1. The highest BCUT2D eigenvalue weighted by Gasteiger charge is 2.25. The topological polar surface area (TPSA) is 58.1 Å². The second kappa shape index (κ2) is 7.16. The van der Waals surface area contributed by atoms with E-state index in [4.69, 9.17) is 11.6 Å². The number of piperidine rings is 1.